The van der Waals surface area contributed by atoms with Crippen molar-refractivity contribution in [1.29, 1.82) is 0 Å². The Morgan fingerprint density at radius 1 is 1.50 bits per heavy atom. The number of hydrogen-bond donors (Lipinski definition) is 1. The van der Waals surface area contributed by atoms with Crippen LogP contribution in [0.15, 0.2) is 6.20 Å². The minimum atomic E-state index is 0.671. The summed E-state index contributed by atoms with van der Waals surface area (Å²) >= 11 is 0. The van der Waals surface area contributed by atoms with Crippen molar-refractivity contribution in [1.82, 2.24) is 10.2 Å². The zero-order valence-corrected chi connectivity index (χ0v) is 7.96. The molecule has 0 fully saturated rings. The Balaban J connectivity index is 0.000000336. The van der Waals surface area contributed by atoms with Gasteiger partial charge in [-0.3, -0.25) is 5.10 Å². The second-order valence-corrected chi connectivity index (χ2v) is 2.82. The quantitative estimate of drug-likeness (QED) is 0.609. The molecule has 0 spiro atoms. The predicted molar refractivity (Wildman–Crippen MR) is 51.9 cm³/mol. The summed E-state index contributed by atoms with van der Waals surface area (Å²) in [7, 11) is 0. The molecule has 0 aliphatic heterocycles. The third-order valence-corrected chi connectivity index (χ3v) is 1.86. The molecular weight excluding hydrogens is 148 g/mol. The molecule has 2 rings (SSSR count). The molecule has 0 bridgehead atoms. The summed E-state index contributed by atoms with van der Waals surface area (Å²) in [6, 6.07) is 0. The van der Waals surface area contributed by atoms with Gasteiger partial charge in [-0.1, -0.05) is 32.9 Å². The zero-order valence-electron chi connectivity index (χ0n) is 7.96. The highest BCUT2D eigenvalue weighted by Crippen LogP contribution is 2.04. The van der Waals surface area contributed by atoms with E-state index in [9.17, 15) is 0 Å². The van der Waals surface area contributed by atoms with Crippen molar-refractivity contribution in [3.05, 3.63) is 16.8 Å². The second-order valence-electron chi connectivity index (χ2n) is 2.82. The third-order valence-electron chi connectivity index (χ3n) is 1.86. The lowest BCUT2D eigenvalue weighted by molar-refractivity contribution is 0.798. The normalized spacial score (nSPS) is 19.4. The van der Waals surface area contributed by atoms with Gasteiger partial charge in [0, 0.05) is 5.22 Å². The molecule has 1 aromatic rings. The van der Waals surface area contributed by atoms with Crippen LogP contribution in [0.1, 0.15) is 27.2 Å². The van der Waals surface area contributed by atoms with Gasteiger partial charge in [-0.25, -0.2) is 0 Å². The molecule has 0 saturated carbocycles. The van der Waals surface area contributed by atoms with E-state index in [-0.39, 0.29) is 0 Å². The van der Waals surface area contributed by atoms with Gasteiger partial charge < -0.3 is 0 Å². The van der Waals surface area contributed by atoms with Crippen LogP contribution in [-0.2, 0) is 0 Å². The maximum Gasteiger partial charge on any atom is 0.0607 e. The van der Waals surface area contributed by atoms with Crippen LogP contribution in [0.4, 0.5) is 0 Å². The summed E-state index contributed by atoms with van der Waals surface area (Å²) < 4.78 is 0. The fraction of sp³-hybridized carbons (Fsp3) is 0.500. The number of nitrogens with zero attached hydrogens (tertiary/aromatic N) is 1. The molecule has 66 valence electrons. The molecular formula is C10H16N2. The fourth-order valence-corrected chi connectivity index (χ4v) is 1.28. The minimum absolute atomic E-state index is 0.671. The molecule has 1 unspecified atom stereocenters. The van der Waals surface area contributed by atoms with Crippen molar-refractivity contribution >= 4 is 12.2 Å². The molecule has 1 aliphatic rings. The topological polar surface area (TPSA) is 28.7 Å². The van der Waals surface area contributed by atoms with E-state index in [1.165, 1.54) is 10.6 Å². The average molecular weight is 164 g/mol. The van der Waals surface area contributed by atoms with E-state index in [0.717, 1.165) is 6.42 Å². The second kappa shape index (κ2) is 4.10. The molecule has 1 atom stereocenters. The maximum absolute atomic E-state index is 3.95. The summed E-state index contributed by atoms with van der Waals surface area (Å²) in [6.45, 7) is 6.21. The van der Waals surface area contributed by atoms with E-state index < -0.39 is 0 Å². The monoisotopic (exact) mass is 164 g/mol. The number of nitrogens with one attached hydrogen (secondary N) is 1. The zero-order chi connectivity index (χ0) is 8.97. The molecule has 2 heteroatoms. The van der Waals surface area contributed by atoms with Crippen molar-refractivity contribution in [3.8, 4) is 0 Å². The molecule has 2 nitrogen and oxygen atoms in total. The number of H-pyrrole nitrogens is 1. The van der Waals surface area contributed by atoms with E-state index >= 15 is 0 Å². The van der Waals surface area contributed by atoms with E-state index in [1.807, 2.05) is 20.0 Å². The summed E-state index contributed by atoms with van der Waals surface area (Å²) in [6.07, 6.45) is 7.46. The number of aromatic nitrogens is 2. The number of aromatic amines is 1. The molecule has 1 heterocycles. The van der Waals surface area contributed by atoms with Gasteiger partial charge in [-0.2, -0.15) is 5.10 Å². The molecule has 0 aromatic carbocycles. The summed E-state index contributed by atoms with van der Waals surface area (Å²) in [5.74, 6) is 0.671. The first kappa shape index (κ1) is 9.04. The van der Waals surface area contributed by atoms with Gasteiger partial charge in [-0.05, 0) is 12.3 Å². The Bertz CT molecular complexity index is 335. The fourth-order valence-electron chi connectivity index (χ4n) is 1.28. The summed E-state index contributed by atoms with van der Waals surface area (Å²) in [5.41, 5.74) is 0. The third kappa shape index (κ3) is 1.76. The highest BCUT2D eigenvalue weighted by molar-refractivity contribution is 5.36. The standard InChI is InChI=1S/C8H10N2.C2H6/c1-6-2-3-8-7(4-6)5-9-10-8;1-2/h3-6,10H,2H2,1H3;1-2H3. The lowest BCUT2D eigenvalue weighted by Crippen LogP contribution is -2.26. The van der Waals surface area contributed by atoms with Crippen molar-refractivity contribution in [3.63, 3.8) is 0 Å². The van der Waals surface area contributed by atoms with Gasteiger partial charge in [0.25, 0.3) is 0 Å². The molecule has 12 heavy (non-hydrogen) atoms. The summed E-state index contributed by atoms with van der Waals surface area (Å²) in [4.78, 5) is 0. The molecule has 0 saturated heterocycles. The molecule has 1 aliphatic carbocycles. The Hall–Kier alpha value is -1.05. The molecule has 0 radical (unpaired) electrons. The average Bonchev–Trinajstić information content (AvgIpc) is 2.54. The van der Waals surface area contributed by atoms with E-state index in [1.54, 1.807) is 0 Å². The first-order valence-electron chi connectivity index (χ1n) is 4.58. The van der Waals surface area contributed by atoms with Crippen LogP contribution in [0.5, 0.6) is 0 Å². The lowest BCUT2D eigenvalue weighted by atomic mass is 10.0. The summed E-state index contributed by atoms with van der Waals surface area (Å²) in [5, 5.41) is 9.32. The van der Waals surface area contributed by atoms with Gasteiger partial charge in [0.05, 0.1) is 11.5 Å². The van der Waals surface area contributed by atoms with Crippen LogP contribution in [0.3, 0.4) is 0 Å². The first-order chi connectivity index (χ1) is 5.86. The molecule has 0 amide bonds. The Morgan fingerprint density at radius 2 is 2.25 bits per heavy atom. The van der Waals surface area contributed by atoms with Gasteiger partial charge in [0.2, 0.25) is 0 Å². The smallest absolute Gasteiger partial charge is 0.0607 e. The van der Waals surface area contributed by atoms with Crippen LogP contribution < -0.4 is 10.6 Å². The molecule has 1 aromatic heterocycles. The molecule has 1 N–H and O–H groups in total. The highest BCUT2D eigenvalue weighted by Gasteiger charge is 2.00. The first-order valence-corrected chi connectivity index (χ1v) is 4.58. The lowest BCUT2D eigenvalue weighted by Gasteiger charge is -2.02. The highest BCUT2D eigenvalue weighted by atomic mass is 15.1. The van der Waals surface area contributed by atoms with Crippen LogP contribution in [0, 0.1) is 5.92 Å². The van der Waals surface area contributed by atoms with Crippen molar-refractivity contribution in [2.75, 3.05) is 0 Å². The Kier molecular flexibility index (Phi) is 3.09. The van der Waals surface area contributed by atoms with Crippen LogP contribution >= 0.6 is 0 Å². The van der Waals surface area contributed by atoms with Crippen molar-refractivity contribution in [2.45, 2.75) is 27.2 Å². The van der Waals surface area contributed by atoms with Gasteiger partial charge in [0.15, 0.2) is 0 Å². The SMILES string of the molecule is CC.CC1C=c2cn[nH]c2=CC1. The largest absolute Gasteiger partial charge is 0.278 e. The van der Waals surface area contributed by atoms with Crippen LogP contribution in [0.25, 0.3) is 12.2 Å². The van der Waals surface area contributed by atoms with Crippen molar-refractivity contribution in [2.24, 2.45) is 5.92 Å². The predicted octanol–water partition coefficient (Wildman–Crippen LogP) is 1.04. The number of hydrogen-bond acceptors (Lipinski definition) is 1. The van der Waals surface area contributed by atoms with Crippen LogP contribution in [0.2, 0.25) is 0 Å². The van der Waals surface area contributed by atoms with E-state index in [2.05, 4.69) is 29.3 Å². The Labute approximate surface area is 73.0 Å². The van der Waals surface area contributed by atoms with Gasteiger partial charge in [0.1, 0.15) is 0 Å². The van der Waals surface area contributed by atoms with E-state index in [0.29, 0.717) is 5.92 Å². The van der Waals surface area contributed by atoms with Gasteiger partial charge >= 0.3 is 0 Å². The van der Waals surface area contributed by atoms with Gasteiger partial charge in [-0.15, -0.1) is 0 Å². The maximum atomic E-state index is 3.95. The number of rotatable bonds is 0. The number of fused-ring (bicyclic) bond motifs is 1. The Morgan fingerprint density at radius 3 is 3.00 bits per heavy atom. The minimum Gasteiger partial charge on any atom is -0.278 e. The van der Waals surface area contributed by atoms with E-state index in [4.69, 9.17) is 0 Å². The van der Waals surface area contributed by atoms with Crippen LogP contribution in [-0.4, -0.2) is 10.2 Å². The van der Waals surface area contributed by atoms with Crippen molar-refractivity contribution < 1.29 is 0 Å².